The molecule has 0 spiro atoms. The fraction of sp³-hybridized carbons (Fsp3) is 0.600. The molecule has 136 valence electrons. The Morgan fingerprint density at radius 1 is 1.36 bits per heavy atom. The number of carbonyl (C=O) groups is 2. The second-order valence-electron chi connectivity index (χ2n) is 7.25. The van der Waals surface area contributed by atoms with Crippen LogP contribution in [0.2, 0.25) is 0 Å². The SMILES string of the molecule is Cc1ccc(CNC(=O)CC2CCC(=O)C2C)c(OC2CCOC2)c1. The molecule has 1 amide bonds. The third kappa shape index (κ3) is 4.60. The summed E-state index contributed by atoms with van der Waals surface area (Å²) in [6.45, 7) is 5.76. The van der Waals surface area contributed by atoms with Gasteiger partial charge in [-0.3, -0.25) is 9.59 Å². The van der Waals surface area contributed by atoms with Gasteiger partial charge in [0.05, 0.1) is 13.2 Å². The first-order valence-corrected chi connectivity index (χ1v) is 9.16. The van der Waals surface area contributed by atoms with Crippen LogP contribution in [0.4, 0.5) is 0 Å². The van der Waals surface area contributed by atoms with Crippen molar-refractivity contribution in [3.05, 3.63) is 29.3 Å². The quantitative estimate of drug-likeness (QED) is 0.861. The van der Waals surface area contributed by atoms with Crippen molar-refractivity contribution in [1.29, 1.82) is 0 Å². The van der Waals surface area contributed by atoms with E-state index < -0.39 is 0 Å². The van der Waals surface area contributed by atoms with Gasteiger partial charge in [-0.05, 0) is 30.9 Å². The van der Waals surface area contributed by atoms with Crippen molar-refractivity contribution >= 4 is 11.7 Å². The molecule has 25 heavy (non-hydrogen) atoms. The summed E-state index contributed by atoms with van der Waals surface area (Å²) in [6, 6.07) is 6.04. The molecule has 1 N–H and O–H groups in total. The van der Waals surface area contributed by atoms with Gasteiger partial charge in [-0.1, -0.05) is 19.1 Å². The van der Waals surface area contributed by atoms with Gasteiger partial charge in [0.15, 0.2) is 0 Å². The lowest BCUT2D eigenvalue weighted by molar-refractivity contribution is -0.123. The van der Waals surface area contributed by atoms with E-state index in [4.69, 9.17) is 9.47 Å². The van der Waals surface area contributed by atoms with E-state index in [-0.39, 0.29) is 29.6 Å². The Labute approximate surface area is 149 Å². The fourth-order valence-corrected chi connectivity index (χ4v) is 3.55. The van der Waals surface area contributed by atoms with Gasteiger partial charge in [0.25, 0.3) is 0 Å². The number of carbonyl (C=O) groups excluding carboxylic acids is 2. The highest BCUT2D eigenvalue weighted by atomic mass is 16.5. The predicted octanol–water partition coefficient (Wildman–Crippen LogP) is 2.78. The van der Waals surface area contributed by atoms with Crippen molar-refractivity contribution in [2.75, 3.05) is 13.2 Å². The minimum atomic E-state index is 0.00211. The fourth-order valence-electron chi connectivity index (χ4n) is 3.55. The molecule has 1 aliphatic carbocycles. The van der Waals surface area contributed by atoms with Crippen LogP contribution in [0.15, 0.2) is 18.2 Å². The molecule has 3 atom stereocenters. The van der Waals surface area contributed by atoms with Gasteiger partial charge >= 0.3 is 0 Å². The normalized spacial score (nSPS) is 26.0. The predicted molar refractivity (Wildman–Crippen MR) is 94.4 cm³/mol. The molecule has 1 saturated heterocycles. The number of ketones is 1. The first kappa shape index (κ1) is 17.9. The summed E-state index contributed by atoms with van der Waals surface area (Å²) in [7, 11) is 0. The highest BCUT2D eigenvalue weighted by Gasteiger charge is 2.32. The molecule has 1 heterocycles. The minimum Gasteiger partial charge on any atom is -0.488 e. The number of rotatable bonds is 6. The summed E-state index contributed by atoms with van der Waals surface area (Å²) in [5.41, 5.74) is 2.10. The van der Waals surface area contributed by atoms with Gasteiger partial charge in [0.1, 0.15) is 17.6 Å². The molecule has 2 aliphatic rings. The van der Waals surface area contributed by atoms with Crippen LogP contribution in [0.3, 0.4) is 0 Å². The van der Waals surface area contributed by atoms with Crippen molar-refractivity contribution in [2.24, 2.45) is 11.8 Å². The molecule has 1 aromatic rings. The van der Waals surface area contributed by atoms with Crippen LogP contribution in [0.5, 0.6) is 5.75 Å². The molecule has 1 aliphatic heterocycles. The number of ether oxygens (including phenoxy) is 2. The van der Waals surface area contributed by atoms with Gasteiger partial charge < -0.3 is 14.8 Å². The van der Waals surface area contributed by atoms with E-state index in [9.17, 15) is 9.59 Å². The topological polar surface area (TPSA) is 64.6 Å². The van der Waals surface area contributed by atoms with Gasteiger partial charge in [0, 0.05) is 37.3 Å². The molecule has 0 bridgehead atoms. The number of hydrogen-bond donors (Lipinski definition) is 1. The zero-order valence-corrected chi connectivity index (χ0v) is 15.0. The highest BCUT2D eigenvalue weighted by Crippen LogP contribution is 2.31. The van der Waals surface area contributed by atoms with Crippen molar-refractivity contribution in [3.8, 4) is 5.75 Å². The van der Waals surface area contributed by atoms with E-state index in [1.807, 2.05) is 32.0 Å². The average molecular weight is 345 g/mol. The molecule has 1 aromatic carbocycles. The third-order valence-electron chi connectivity index (χ3n) is 5.30. The average Bonchev–Trinajstić information content (AvgIpc) is 3.20. The maximum absolute atomic E-state index is 12.3. The van der Waals surface area contributed by atoms with Crippen LogP contribution >= 0.6 is 0 Å². The second kappa shape index (κ2) is 8.00. The van der Waals surface area contributed by atoms with Crippen molar-refractivity contribution < 1.29 is 19.1 Å². The van der Waals surface area contributed by atoms with Gasteiger partial charge in [0.2, 0.25) is 5.91 Å². The Balaban J connectivity index is 1.56. The number of amides is 1. The lowest BCUT2D eigenvalue weighted by Crippen LogP contribution is -2.27. The van der Waals surface area contributed by atoms with E-state index in [1.54, 1.807) is 0 Å². The summed E-state index contributed by atoms with van der Waals surface area (Å²) in [6.07, 6.45) is 2.84. The Hall–Kier alpha value is -1.88. The molecular weight excluding hydrogens is 318 g/mol. The molecule has 2 fully saturated rings. The van der Waals surface area contributed by atoms with E-state index >= 15 is 0 Å². The summed E-state index contributed by atoms with van der Waals surface area (Å²) >= 11 is 0. The first-order valence-electron chi connectivity index (χ1n) is 9.16. The van der Waals surface area contributed by atoms with Crippen molar-refractivity contribution in [2.45, 2.75) is 52.2 Å². The number of hydrogen-bond acceptors (Lipinski definition) is 4. The molecule has 0 aromatic heterocycles. The second-order valence-corrected chi connectivity index (χ2v) is 7.25. The number of Topliss-reactive ketones (excluding diaryl/α,β-unsaturated/α-hetero) is 1. The van der Waals surface area contributed by atoms with Crippen LogP contribution in [-0.2, 0) is 20.9 Å². The zero-order valence-electron chi connectivity index (χ0n) is 15.0. The van der Waals surface area contributed by atoms with Gasteiger partial charge in [-0.2, -0.15) is 0 Å². The van der Waals surface area contributed by atoms with Crippen molar-refractivity contribution in [1.82, 2.24) is 5.32 Å². The highest BCUT2D eigenvalue weighted by molar-refractivity contribution is 5.84. The Bertz CT molecular complexity index is 637. The van der Waals surface area contributed by atoms with Crippen molar-refractivity contribution in [3.63, 3.8) is 0 Å². The molecule has 3 rings (SSSR count). The molecule has 5 heteroatoms. The monoisotopic (exact) mass is 345 g/mol. The third-order valence-corrected chi connectivity index (χ3v) is 5.30. The van der Waals surface area contributed by atoms with Crippen LogP contribution in [0, 0.1) is 18.8 Å². The van der Waals surface area contributed by atoms with Gasteiger partial charge in [-0.15, -0.1) is 0 Å². The van der Waals surface area contributed by atoms with Gasteiger partial charge in [-0.25, -0.2) is 0 Å². The van der Waals surface area contributed by atoms with E-state index in [1.165, 1.54) is 0 Å². The number of nitrogens with one attached hydrogen (secondary N) is 1. The smallest absolute Gasteiger partial charge is 0.220 e. The summed E-state index contributed by atoms with van der Waals surface area (Å²) < 4.78 is 11.4. The molecule has 5 nitrogen and oxygen atoms in total. The lowest BCUT2D eigenvalue weighted by atomic mass is 9.94. The Morgan fingerprint density at radius 2 is 2.20 bits per heavy atom. The largest absolute Gasteiger partial charge is 0.488 e. The van der Waals surface area contributed by atoms with Crippen LogP contribution in [0.1, 0.15) is 43.7 Å². The molecule has 0 radical (unpaired) electrons. The lowest BCUT2D eigenvalue weighted by Gasteiger charge is -2.18. The van der Waals surface area contributed by atoms with E-state index in [0.717, 1.165) is 36.3 Å². The molecule has 3 unspecified atom stereocenters. The number of benzene rings is 1. The van der Waals surface area contributed by atoms with Crippen LogP contribution in [-0.4, -0.2) is 31.0 Å². The minimum absolute atomic E-state index is 0.00211. The number of aryl methyl sites for hydroxylation is 1. The molecular formula is C20H27NO4. The maximum Gasteiger partial charge on any atom is 0.220 e. The van der Waals surface area contributed by atoms with E-state index in [0.29, 0.717) is 26.0 Å². The summed E-state index contributed by atoms with van der Waals surface area (Å²) in [4.78, 5) is 23.9. The summed E-state index contributed by atoms with van der Waals surface area (Å²) in [5.74, 6) is 1.29. The van der Waals surface area contributed by atoms with Crippen LogP contribution < -0.4 is 10.1 Å². The summed E-state index contributed by atoms with van der Waals surface area (Å²) in [5, 5.41) is 2.98. The Kier molecular flexibility index (Phi) is 5.74. The van der Waals surface area contributed by atoms with Crippen LogP contribution in [0.25, 0.3) is 0 Å². The maximum atomic E-state index is 12.3. The standard InChI is InChI=1S/C20H27NO4/c1-13-3-4-16(19(9-13)25-17-7-8-24-12-17)11-21-20(23)10-15-5-6-18(22)14(15)2/h3-4,9,14-15,17H,5-8,10-12H2,1-2H3,(H,21,23). The first-order chi connectivity index (χ1) is 12.0. The zero-order chi connectivity index (χ0) is 17.8. The molecule has 1 saturated carbocycles. The Morgan fingerprint density at radius 3 is 2.88 bits per heavy atom. The van der Waals surface area contributed by atoms with E-state index in [2.05, 4.69) is 5.32 Å².